The summed E-state index contributed by atoms with van der Waals surface area (Å²) < 4.78 is 0. The number of hydrogen-bond acceptors (Lipinski definition) is 0. The SMILES string of the molecule is Br.[C-]#CC.[Zn]. The first-order chi connectivity index (χ1) is 1.41. The Balaban J connectivity index is -0.0000000200. The summed E-state index contributed by atoms with van der Waals surface area (Å²) in [6.07, 6.45) is 5.96. The molecule has 0 bridgehead atoms. The standard InChI is InChI=1S/C3H3.BrH.Zn/c1-3-2;;/h1H3;1H;/q-1;;. The fourth-order valence-corrected chi connectivity index (χ4v) is 0. The van der Waals surface area contributed by atoms with Gasteiger partial charge in [0.05, 0.1) is 0 Å². The van der Waals surface area contributed by atoms with Gasteiger partial charge in [-0.25, -0.2) is 0 Å². The first-order valence-electron chi connectivity index (χ1n) is 0.750. The van der Waals surface area contributed by atoms with Crippen LogP contribution in [-0.4, -0.2) is 0 Å². The van der Waals surface area contributed by atoms with Crippen LogP contribution in [0.4, 0.5) is 0 Å². The van der Waals surface area contributed by atoms with Gasteiger partial charge in [-0.1, -0.05) is 0 Å². The normalized spacial score (nSPS) is 1.60. The average molecular weight is 185 g/mol. The molecule has 0 saturated carbocycles. The maximum atomic E-state index is 5.96. The molecule has 0 aromatic rings. The molecular weight excluding hydrogens is 181 g/mol. The van der Waals surface area contributed by atoms with E-state index in [0.29, 0.717) is 0 Å². The van der Waals surface area contributed by atoms with Crippen LogP contribution >= 0.6 is 17.0 Å². The molecule has 2 heteroatoms. The molecule has 0 radical (unpaired) electrons. The summed E-state index contributed by atoms with van der Waals surface area (Å²) in [5.41, 5.74) is 0. The van der Waals surface area contributed by atoms with E-state index in [4.69, 9.17) is 6.42 Å². The molecule has 26 valence electrons. The van der Waals surface area contributed by atoms with Gasteiger partial charge in [-0.05, 0) is 6.92 Å². The van der Waals surface area contributed by atoms with Crippen molar-refractivity contribution in [3.05, 3.63) is 6.42 Å². The van der Waals surface area contributed by atoms with Gasteiger partial charge in [0.15, 0.2) is 0 Å². The molecule has 0 aliphatic rings. The van der Waals surface area contributed by atoms with Crippen molar-refractivity contribution in [2.24, 2.45) is 0 Å². The van der Waals surface area contributed by atoms with Crippen molar-refractivity contribution < 1.29 is 19.5 Å². The zero-order valence-electron chi connectivity index (χ0n) is 3.12. The van der Waals surface area contributed by atoms with E-state index in [1.807, 2.05) is 5.92 Å². The molecule has 0 nitrogen and oxygen atoms in total. The van der Waals surface area contributed by atoms with Crippen molar-refractivity contribution in [3.8, 4) is 5.92 Å². The van der Waals surface area contributed by atoms with Crippen LogP contribution in [0, 0.1) is 12.3 Å². The predicted molar refractivity (Wildman–Crippen MR) is 23.1 cm³/mol. The molecule has 0 fully saturated rings. The van der Waals surface area contributed by atoms with Gasteiger partial charge in [0.25, 0.3) is 0 Å². The van der Waals surface area contributed by atoms with Crippen LogP contribution in [0.2, 0.25) is 0 Å². The summed E-state index contributed by atoms with van der Waals surface area (Å²) in [5, 5.41) is 0. The fraction of sp³-hybridized carbons (Fsp3) is 0.333. The smallest absolute Gasteiger partial charge is 0 e. The van der Waals surface area contributed by atoms with E-state index in [1.165, 1.54) is 0 Å². The van der Waals surface area contributed by atoms with Gasteiger partial charge < -0.3 is 12.3 Å². The minimum atomic E-state index is 0. The summed E-state index contributed by atoms with van der Waals surface area (Å²) in [4.78, 5) is 0. The average Bonchev–Trinajstić information content (AvgIpc) is 0.918. The zero-order chi connectivity index (χ0) is 2.71. The van der Waals surface area contributed by atoms with E-state index in [1.54, 1.807) is 6.92 Å². The van der Waals surface area contributed by atoms with Crippen LogP contribution < -0.4 is 0 Å². The van der Waals surface area contributed by atoms with Gasteiger partial charge in [0.1, 0.15) is 0 Å². The van der Waals surface area contributed by atoms with E-state index < -0.39 is 0 Å². The largest absolute Gasteiger partial charge is 0.694 e. The Labute approximate surface area is 55.9 Å². The zero-order valence-corrected chi connectivity index (χ0v) is 7.80. The van der Waals surface area contributed by atoms with E-state index >= 15 is 0 Å². The number of rotatable bonds is 0. The van der Waals surface area contributed by atoms with Crippen LogP contribution in [0.25, 0.3) is 0 Å². The first-order valence-corrected chi connectivity index (χ1v) is 0.750. The van der Waals surface area contributed by atoms with E-state index in [0.717, 1.165) is 0 Å². The Morgan fingerprint density at radius 3 is 1.60 bits per heavy atom. The van der Waals surface area contributed by atoms with Gasteiger partial charge in [-0.2, -0.15) is 0 Å². The van der Waals surface area contributed by atoms with E-state index in [-0.39, 0.29) is 36.5 Å². The fourth-order valence-electron chi connectivity index (χ4n) is 0. The van der Waals surface area contributed by atoms with Gasteiger partial charge in [0, 0.05) is 19.5 Å². The van der Waals surface area contributed by atoms with Gasteiger partial charge in [-0.3, -0.25) is 0 Å². The topological polar surface area (TPSA) is 0 Å². The van der Waals surface area contributed by atoms with Crippen molar-refractivity contribution >= 4 is 17.0 Å². The molecule has 0 spiro atoms. The molecule has 0 amide bonds. The molecule has 0 aliphatic heterocycles. The van der Waals surface area contributed by atoms with Crippen molar-refractivity contribution in [2.75, 3.05) is 0 Å². The summed E-state index contributed by atoms with van der Waals surface area (Å²) in [7, 11) is 0. The van der Waals surface area contributed by atoms with Crippen LogP contribution in [0.15, 0.2) is 0 Å². The van der Waals surface area contributed by atoms with E-state index in [2.05, 4.69) is 0 Å². The summed E-state index contributed by atoms with van der Waals surface area (Å²) in [5.74, 6) is 2.00. The number of halogens is 1. The molecule has 0 saturated heterocycles. The van der Waals surface area contributed by atoms with Crippen molar-refractivity contribution in [2.45, 2.75) is 6.92 Å². The first kappa shape index (κ1) is 17.4. The third-order valence-electron chi connectivity index (χ3n) is 0. The molecule has 0 rings (SSSR count). The third kappa shape index (κ3) is 75.2. The Morgan fingerprint density at radius 2 is 1.60 bits per heavy atom. The van der Waals surface area contributed by atoms with Crippen molar-refractivity contribution in [1.29, 1.82) is 0 Å². The maximum Gasteiger partial charge on any atom is 0 e. The van der Waals surface area contributed by atoms with Crippen LogP contribution in [-0.2, 0) is 19.5 Å². The van der Waals surface area contributed by atoms with Gasteiger partial charge in [0.2, 0.25) is 0 Å². The Kier molecular flexibility index (Phi) is 78.5. The minimum Gasteiger partial charge on any atom is -0.694 e. The molecule has 5 heavy (non-hydrogen) atoms. The van der Waals surface area contributed by atoms with Crippen LogP contribution in [0.1, 0.15) is 6.92 Å². The molecular formula is C3H4BrZn-. The summed E-state index contributed by atoms with van der Waals surface area (Å²) in [6, 6.07) is 0. The monoisotopic (exact) mass is 183 g/mol. The van der Waals surface area contributed by atoms with E-state index in [9.17, 15) is 0 Å². The molecule has 0 aliphatic carbocycles. The Bertz CT molecular complexity index is 28.4. The summed E-state index contributed by atoms with van der Waals surface area (Å²) in [6.45, 7) is 1.54. The van der Waals surface area contributed by atoms with Crippen LogP contribution in [0.5, 0.6) is 0 Å². The quantitative estimate of drug-likeness (QED) is 0.302. The predicted octanol–water partition coefficient (Wildman–Crippen LogP) is 1.17. The van der Waals surface area contributed by atoms with Crippen molar-refractivity contribution in [1.82, 2.24) is 0 Å². The molecule has 0 aromatic carbocycles. The van der Waals surface area contributed by atoms with Crippen LogP contribution in [0.3, 0.4) is 0 Å². The molecule has 0 aromatic heterocycles. The second kappa shape index (κ2) is 22.6. The maximum absolute atomic E-state index is 5.96. The summed E-state index contributed by atoms with van der Waals surface area (Å²) >= 11 is 0. The minimum absolute atomic E-state index is 0. The molecule has 0 heterocycles. The van der Waals surface area contributed by atoms with Crippen molar-refractivity contribution in [3.63, 3.8) is 0 Å². The molecule has 0 atom stereocenters. The third-order valence-corrected chi connectivity index (χ3v) is 0. The second-order valence-electron chi connectivity index (χ2n) is 0.250. The number of hydrogen-bond donors (Lipinski definition) is 0. The van der Waals surface area contributed by atoms with Gasteiger partial charge >= 0.3 is 0 Å². The Hall–Kier alpha value is 0.663. The second-order valence-corrected chi connectivity index (χ2v) is 0.250. The van der Waals surface area contributed by atoms with Gasteiger partial charge in [-0.15, -0.1) is 17.0 Å². The molecule has 0 unspecified atom stereocenters. The molecule has 0 N–H and O–H groups in total. The Morgan fingerprint density at radius 1 is 1.60 bits per heavy atom.